The van der Waals surface area contributed by atoms with Gasteiger partial charge in [0.15, 0.2) is 11.6 Å². The topological polar surface area (TPSA) is 46.6 Å². The average Bonchev–Trinajstić information content (AvgIpc) is 2.93. The van der Waals surface area contributed by atoms with Gasteiger partial charge in [-0.1, -0.05) is 87.8 Å². The summed E-state index contributed by atoms with van der Waals surface area (Å²) in [5.41, 5.74) is 6.48. The summed E-state index contributed by atoms with van der Waals surface area (Å²) in [6.07, 6.45) is 2.50. The van der Waals surface area contributed by atoms with Gasteiger partial charge in [-0.05, 0) is 80.6 Å². The van der Waals surface area contributed by atoms with E-state index in [0.717, 1.165) is 56.5 Å². The third kappa shape index (κ3) is 6.12. The number of rotatable bonds is 6. The zero-order chi connectivity index (χ0) is 30.5. The lowest BCUT2D eigenvalue weighted by Gasteiger charge is -2.49. The smallest absolute Gasteiger partial charge is 0.162 e. The molecule has 3 aromatic carbocycles. The summed E-state index contributed by atoms with van der Waals surface area (Å²) in [5, 5.41) is 0.688. The summed E-state index contributed by atoms with van der Waals surface area (Å²) in [6.45, 7) is 9.74. The molecule has 0 saturated carbocycles. The van der Waals surface area contributed by atoms with Crippen LogP contribution in [-0.2, 0) is 22.7 Å². The normalized spacial score (nSPS) is 19.8. The molecule has 0 radical (unpaired) electrons. The van der Waals surface area contributed by atoms with Crippen molar-refractivity contribution in [3.8, 4) is 5.75 Å². The second-order valence-electron chi connectivity index (χ2n) is 13.7. The molecule has 0 aromatic heterocycles. The van der Waals surface area contributed by atoms with Gasteiger partial charge in [-0.3, -0.25) is 9.59 Å². The molecule has 3 aromatic rings. The van der Waals surface area contributed by atoms with Crippen LogP contribution in [0.3, 0.4) is 0 Å². The molecule has 0 N–H and O–H groups in total. The molecule has 2 aliphatic carbocycles. The first kappa shape index (κ1) is 29.9. The molecule has 222 valence electrons. The quantitative estimate of drug-likeness (QED) is 0.265. The van der Waals surface area contributed by atoms with E-state index in [-0.39, 0.29) is 22.4 Å². The van der Waals surface area contributed by atoms with Crippen LogP contribution < -0.4 is 4.74 Å². The number of carbonyl (C=O) groups excluding carboxylic acids is 2. The Morgan fingerprint density at radius 3 is 1.93 bits per heavy atom. The van der Waals surface area contributed by atoms with E-state index in [2.05, 4.69) is 60.7 Å². The molecule has 0 bridgehead atoms. The summed E-state index contributed by atoms with van der Waals surface area (Å²) in [6, 6.07) is 24.0. The predicted molar refractivity (Wildman–Crippen MR) is 175 cm³/mol. The molecule has 4 nitrogen and oxygen atoms in total. The second kappa shape index (κ2) is 11.4. The van der Waals surface area contributed by atoms with Crippen molar-refractivity contribution < 1.29 is 14.3 Å². The van der Waals surface area contributed by atoms with Crippen LogP contribution in [0, 0.1) is 10.8 Å². The number of halogens is 2. The Kier molecular flexibility index (Phi) is 7.93. The Bertz CT molecular complexity index is 1600. The van der Waals surface area contributed by atoms with Crippen molar-refractivity contribution in [3.05, 3.63) is 122 Å². The van der Waals surface area contributed by atoms with Crippen LogP contribution >= 0.6 is 27.5 Å². The molecule has 0 fully saturated rings. The zero-order valence-electron chi connectivity index (χ0n) is 25.2. The van der Waals surface area contributed by atoms with E-state index in [4.69, 9.17) is 16.3 Å². The van der Waals surface area contributed by atoms with Crippen LogP contribution in [0.2, 0.25) is 5.02 Å². The number of hydrogen-bond donors (Lipinski definition) is 0. The predicted octanol–water partition coefficient (Wildman–Crippen LogP) is 9.57. The lowest BCUT2D eigenvalue weighted by molar-refractivity contribution is -0.119. The number of ketones is 2. The SMILES string of the molecule is CC1(C)CC(=O)C2=C(C1)N(Cc1ccccc1)C1=C(C(=O)CC(C)(C)C1)C2c1ccc(OCc2ccc(Cl)cc2)c(Br)c1. The minimum Gasteiger partial charge on any atom is -0.488 e. The van der Waals surface area contributed by atoms with E-state index in [1.807, 2.05) is 60.7 Å². The van der Waals surface area contributed by atoms with E-state index in [0.29, 0.717) is 36.8 Å². The Balaban J connectivity index is 1.45. The van der Waals surface area contributed by atoms with Crippen LogP contribution in [0.4, 0.5) is 0 Å². The van der Waals surface area contributed by atoms with Crippen molar-refractivity contribution in [2.24, 2.45) is 10.8 Å². The number of allylic oxidation sites excluding steroid dienone is 4. The fraction of sp³-hybridized carbons (Fsp3) is 0.351. The fourth-order valence-electron chi connectivity index (χ4n) is 6.89. The first-order valence-corrected chi connectivity index (χ1v) is 16.1. The van der Waals surface area contributed by atoms with Gasteiger partial charge in [0.25, 0.3) is 0 Å². The minimum atomic E-state index is -0.397. The highest BCUT2D eigenvalue weighted by molar-refractivity contribution is 9.10. The van der Waals surface area contributed by atoms with E-state index >= 15 is 0 Å². The lowest BCUT2D eigenvalue weighted by Crippen LogP contribution is -2.44. The standard InChI is InChI=1S/C37H37BrClNO3/c1-36(2)17-28-34(30(41)19-36)33(25-12-15-32(27(38)16-25)43-22-24-10-13-26(39)14-11-24)35-29(18-37(3,4)20-31(35)42)40(28)21-23-8-6-5-7-9-23/h5-16,33H,17-22H2,1-4H3. The Hall–Kier alpha value is -3.15. The van der Waals surface area contributed by atoms with Crippen molar-refractivity contribution in [1.82, 2.24) is 4.90 Å². The first-order chi connectivity index (χ1) is 20.4. The van der Waals surface area contributed by atoms with Crippen LogP contribution in [0.25, 0.3) is 0 Å². The summed E-state index contributed by atoms with van der Waals surface area (Å²) >= 11 is 9.78. The molecular formula is C37H37BrClNO3. The van der Waals surface area contributed by atoms with E-state index in [9.17, 15) is 9.59 Å². The molecule has 0 spiro atoms. The number of Topliss-reactive ketones (excluding diaryl/α,β-unsaturated/α-hetero) is 2. The van der Waals surface area contributed by atoms with Gasteiger partial charge < -0.3 is 9.64 Å². The van der Waals surface area contributed by atoms with E-state index < -0.39 is 5.92 Å². The molecule has 43 heavy (non-hydrogen) atoms. The Labute approximate surface area is 267 Å². The number of nitrogens with zero attached hydrogens (tertiary/aromatic N) is 1. The van der Waals surface area contributed by atoms with Crippen LogP contribution in [0.1, 0.15) is 76.0 Å². The average molecular weight is 659 g/mol. The molecule has 0 atom stereocenters. The largest absolute Gasteiger partial charge is 0.488 e. The highest BCUT2D eigenvalue weighted by atomic mass is 79.9. The van der Waals surface area contributed by atoms with Gasteiger partial charge in [0.1, 0.15) is 12.4 Å². The van der Waals surface area contributed by atoms with E-state index in [1.165, 1.54) is 0 Å². The number of carbonyl (C=O) groups is 2. The van der Waals surface area contributed by atoms with Crippen molar-refractivity contribution in [1.29, 1.82) is 0 Å². The lowest BCUT2D eigenvalue weighted by atomic mass is 9.63. The first-order valence-electron chi connectivity index (χ1n) is 14.9. The number of benzene rings is 3. The van der Waals surface area contributed by atoms with Gasteiger partial charge in [0.2, 0.25) is 0 Å². The molecular weight excluding hydrogens is 622 g/mol. The van der Waals surface area contributed by atoms with Crippen LogP contribution in [-0.4, -0.2) is 16.5 Å². The van der Waals surface area contributed by atoms with E-state index in [1.54, 1.807) is 0 Å². The summed E-state index contributed by atoms with van der Waals surface area (Å²) in [4.78, 5) is 30.5. The van der Waals surface area contributed by atoms with Crippen LogP contribution in [0.15, 0.2) is 99.8 Å². The number of ether oxygens (including phenoxy) is 1. The van der Waals surface area contributed by atoms with Crippen LogP contribution in [0.5, 0.6) is 5.75 Å². The molecule has 0 amide bonds. The zero-order valence-corrected chi connectivity index (χ0v) is 27.5. The van der Waals surface area contributed by atoms with Crippen molar-refractivity contribution in [2.75, 3.05) is 0 Å². The van der Waals surface area contributed by atoms with Gasteiger partial charge >= 0.3 is 0 Å². The van der Waals surface area contributed by atoms with Gasteiger partial charge in [0.05, 0.1) is 4.47 Å². The Morgan fingerprint density at radius 2 is 1.37 bits per heavy atom. The molecule has 6 rings (SSSR count). The minimum absolute atomic E-state index is 0.137. The summed E-state index contributed by atoms with van der Waals surface area (Å²) in [7, 11) is 0. The Morgan fingerprint density at radius 1 is 0.791 bits per heavy atom. The van der Waals surface area contributed by atoms with Gasteiger partial charge in [-0.15, -0.1) is 0 Å². The summed E-state index contributed by atoms with van der Waals surface area (Å²) in [5.74, 6) is 0.581. The maximum Gasteiger partial charge on any atom is 0.162 e. The van der Waals surface area contributed by atoms with Gasteiger partial charge in [-0.2, -0.15) is 0 Å². The molecule has 0 unspecified atom stereocenters. The maximum atomic E-state index is 14.1. The highest BCUT2D eigenvalue weighted by Gasteiger charge is 2.49. The third-order valence-electron chi connectivity index (χ3n) is 8.80. The van der Waals surface area contributed by atoms with Crippen molar-refractivity contribution >= 4 is 39.1 Å². The van der Waals surface area contributed by atoms with Crippen molar-refractivity contribution in [2.45, 2.75) is 72.4 Å². The van der Waals surface area contributed by atoms with Crippen molar-refractivity contribution in [3.63, 3.8) is 0 Å². The monoisotopic (exact) mass is 657 g/mol. The maximum absolute atomic E-state index is 14.1. The van der Waals surface area contributed by atoms with Gasteiger partial charge in [-0.25, -0.2) is 0 Å². The fourth-order valence-corrected chi connectivity index (χ4v) is 7.53. The molecule has 1 aliphatic heterocycles. The highest BCUT2D eigenvalue weighted by Crippen LogP contribution is 2.55. The molecule has 0 saturated heterocycles. The van der Waals surface area contributed by atoms with Gasteiger partial charge in [0, 0.05) is 52.9 Å². The third-order valence-corrected chi connectivity index (χ3v) is 9.67. The molecule has 3 aliphatic rings. The molecule has 6 heteroatoms. The molecule has 1 heterocycles. The second-order valence-corrected chi connectivity index (χ2v) is 15.0. The number of hydrogen-bond acceptors (Lipinski definition) is 4. The summed E-state index contributed by atoms with van der Waals surface area (Å²) < 4.78 is 6.94.